The number of carbonyl (C=O) groups is 1. The minimum Gasteiger partial charge on any atom is -0.466 e. The van der Waals surface area contributed by atoms with Gasteiger partial charge in [-0.1, -0.05) is 0 Å². The summed E-state index contributed by atoms with van der Waals surface area (Å²) >= 11 is 1.39. The number of ether oxygens (including phenoxy) is 1. The number of thiazole rings is 1. The molecule has 0 amide bonds. The number of aryl methyl sites for hydroxylation is 1. The number of aliphatic hydroxyl groups is 1. The SMILES string of the molecule is CCOC(=O)CC(O)c1cnc(C)s1. The summed E-state index contributed by atoms with van der Waals surface area (Å²) < 4.78 is 4.73. The maximum absolute atomic E-state index is 11.0. The first-order valence-electron chi connectivity index (χ1n) is 4.39. The lowest BCUT2D eigenvalue weighted by molar-refractivity contribution is -0.145. The Morgan fingerprint density at radius 3 is 3.00 bits per heavy atom. The van der Waals surface area contributed by atoms with Crippen molar-refractivity contribution in [1.82, 2.24) is 4.98 Å². The first kappa shape index (κ1) is 11.1. The fraction of sp³-hybridized carbons (Fsp3) is 0.556. The van der Waals surface area contributed by atoms with Crippen LogP contribution >= 0.6 is 11.3 Å². The second-order valence-electron chi connectivity index (χ2n) is 2.81. The van der Waals surface area contributed by atoms with Gasteiger partial charge in [0.05, 0.1) is 22.9 Å². The van der Waals surface area contributed by atoms with E-state index >= 15 is 0 Å². The van der Waals surface area contributed by atoms with E-state index < -0.39 is 6.10 Å². The normalized spacial score (nSPS) is 12.5. The van der Waals surface area contributed by atoms with Crippen molar-refractivity contribution in [1.29, 1.82) is 0 Å². The molecule has 0 spiro atoms. The van der Waals surface area contributed by atoms with Crippen molar-refractivity contribution in [3.8, 4) is 0 Å². The largest absolute Gasteiger partial charge is 0.466 e. The van der Waals surface area contributed by atoms with Gasteiger partial charge in [-0.2, -0.15) is 0 Å². The summed E-state index contributed by atoms with van der Waals surface area (Å²) in [6, 6.07) is 0. The molecule has 14 heavy (non-hydrogen) atoms. The fourth-order valence-corrected chi connectivity index (χ4v) is 1.78. The molecule has 0 saturated carbocycles. The molecule has 0 saturated heterocycles. The predicted molar refractivity (Wildman–Crippen MR) is 53.1 cm³/mol. The molecule has 1 aromatic rings. The average molecular weight is 215 g/mol. The smallest absolute Gasteiger partial charge is 0.308 e. The molecule has 0 fully saturated rings. The van der Waals surface area contributed by atoms with E-state index in [1.54, 1.807) is 13.1 Å². The van der Waals surface area contributed by atoms with Crippen molar-refractivity contribution in [3.05, 3.63) is 16.1 Å². The molecule has 1 heterocycles. The van der Waals surface area contributed by atoms with Gasteiger partial charge < -0.3 is 9.84 Å². The van der Waals surface area contributed by atoms with Gasteiger partial charge in [0.25, 0.3) is 0 Å². The standard InChI is InChI=1S/C9H13NO3S/c1-3-13-9(12)4-7(11)8-5-10-6(2)14-8/h5,7,11H,3-4H2,1-2H3. The Hall–Kier alpha value is -0.940. The zero-order chi connectivity index (χ0) is 10.6. The molecule has 0 aliphatic heterocycles. The number of aromatic nitrogens is 1. The molecule has 1 unspecified atom stereocenters. The molecule has 5 heteroatoms. The van der Waals surface area contributed by atoms with E-state index in [4.69, 9.17) is 4.74 Å². The third kappa shape index (κ3) is 3.08. The number of aliphatic hydroxyl groups excluding tert-OH is 1. The van der Waals surface area contributed by atoms with Crippen LogP contribution in [0.1, 0.15) is 29.3 Å². The molecule has 0 aromatic carbocycles. The maximum Gasteiger partial charge on any atom is 0.308 e. The van der Waals surface area contributed by atoms with Crippen molar-refractivity contribution in [2.75, 3.05) is 6.61 Å². The van der Waals surface area contributed by atoms with Crippen LogP contribution in [0.3, 0.4) is 0 Å². The van der Waals surface area contributed by atoms with Crippen LogP contribution < -0.4 is 0 Å². The van der Waals surface area contributed by atoms with Crippen LogP contribution in [0.2, 0.25) is 0 Å². The van der Waals surface area contributed by atoms with Gasteiger partial charge in [-0.25, -0.2) is 4.98 Å². The fourth-order valence-electron chi connectivity index (χ4n) is 1.01. The molecule has 0 radical (unpaired) electrons. The van der Waals surface area contributed by atoms with Gasteiger partial charge in [0.15, 0.2) is 0 Å². The molecule has 1 N–H and O–H groups in total. The summed E-state index contributed by atoms with van der Waals surface area (Å²) in [5.41, 5.74) is 0. The van der Waals surface area contributed by atoms with Crippen LogP contribution in [0.5, 0.6) is 0 Å². The van der Waals surface area contributed by atoms with Gasteiger partial charge in [0.1, 0.15) is 6.10 Å². The Labute approximate surface area is 86.6 Å². The van der Waals surface area contributed by atoms with Crippen molar-refractivity contribution in [2.24, 2.45) is 0 Å². The monoisotopic (exact) mass is 215 g/mol. The molecule has 1 rings (SSSR count). The highest BCUT2D eigenvalue weighted by Crippen LogP contribution is 2.22. The van der Waals surface area contributed by atoms with Crippen LogP contribution in [0, 0.1) is 6.92 Å². The van der Waals surface area contributed by atoms with E-state index in [0.717, 1.165) is 5.01 Å². The Morgan fingerprint density at radius 2 is 2.50 bits per heavy atom. The van der Waals surface area contributed by atoms with E-state index in [0.29, 0.717) is 11.5 Å². The molecular formula is C9H13NO3S. The topological polar surface area (TPSA) is 59.4 Å². The van der Waals surface area contributed by atoms with Crippen molar-refractivity contribution in [2.45, 2.75) is 26.4 Å². The second-order valence-corrected chi connectivity index (χ2v) is 4.07. The molecule has 78 valence electrons. The Bertz CT molecular complexity index is 311. The highest BCUT2D eigenvalue weighted by atomic mass is 32.1. The van der Waals surface area contributed by atoms with Gasteiger partial charge in [-0.3, -0.25) is 4.79 Å². The van der Waals surface area contributed by atoms with Crippen molar-refractivity contribution in [3.63, 3.8) is 0 Å². The molecule has 1 atom stereocenters. The van der Waals surface area contributed by atoms with E-state index in [2.05, 4.69) is 4.98 Å². The minimum absolute atomic E-state index is 0.00449. The summed E-state index contributed by atoms with van der Waals surface area (Å²) in [6.07, 6.45) is 0.791. The first-order valence-corrected chi connectivity index (χ1v) is 5.21. The predicted octanol–water partition coefficient (Wildman–Crippen LogP) is 1.44. The maximum atomic E-state index is 11.0. The lowest BCUT2D eigenvalue weighted by Crippen LogP contribution is -2.09. The van der Waals surface area contributed by atoms with Crippen LogP contribution in [-0.2, 0) is 9.53 Å². The third-order valence-electron chi connectivity index (χ3n) is 1.63. The summed E-state index contributed by atoms with van der Waals surface area (Å²) in [6.45, 7) is 3.93. The Balaban J connectivity index is 2.50. The molecule has 0 aliphatic carbocycles. The van der Waals surface area contributed by atoms with Gasteiger partial charge in [0, 0.05) is 6.20 Å². The van der Waals surface area contributed by atoms with E-state index in [9.17, 15) is 9.90 Å². The minimum atomic E-state index is -0.791. The van der Waals surface area contributed by atoms with Gasteiger partial charge in [-0.15, -0.1) is 11.3 Å². The number of rotatable bonds is 4. The van der Waals surface area contributed by atoms with E-state index in [1.807, 2.05) is 6.92 Å². The lowest BCUT2D eigenvalue weighted by atomic mass is 10.2. The van der Waals surface area contributed by atoms with E-state index in [-0.39, 0.29) is 12.4 Å². The Morgan fingerprint density at radius 1 is 1.79 bits per heavy atom. The molecule has 1 aromatic heterocycles. The zero-order valence-electron chi connectivity index (χ0n) is 8.19. The molecular weight excluding hydrogens is 202 g/mol. The number of hydrogen-bond acceptors (Lipinski definition) is 5. The highest BCUT2D eigenvalue weighted by molar-refractivity contribution is 7.11. The van der Waals surface area contributed by atoms with Crippen LogP contribution in [0.15, 0.2) is 6.20 Å². The van der Waals surface area contributed by atoms with Crippen LogP contribution in [-0.4, -0.2) is 22.7 Å². The molecule has 4 nitrogen and oxygen atoms in total. The van der Waals surface area contributed by atoms with Crippen LogP contribution in [0.25, 0.3) is 0 Å². The first-order chi connectivity index (χ1) is 6.63. The van der Waals surface area contributed by atoms with Crippen molar-refractivity contribution >= 4 is 17.3 Å². The summed E-state index contributed by atoms with van der Waals surface area (Å²) in [5, 5.41) is 10.5. The third-order valence-corrected chi connectivity index (χ3v) is 2.65. The lowest BCUT2D eigenvalue weighted by Gasteiger charge is -2.06. The van der Waals surface area contributed by atoms with E-state index in [1.165, 1.54) is 11.3 Å². The van der Waals surface area contributed by atoms with Gasteiger partial charge in [-0.05, 0) is 13.8 Å². The zero-order valence-corrected chi connectivity index (χ0v) is 9.00. The summed E-state index contributed by atoms with van der Waals surface area (Å²) in [4.78, 5) is 15.7. The quantitative estimate of drug-likeness (QED) is 0.772. The summed E-state index contributed by atoms with van der Waals surface area (Å²) in [5.74, 6) is -0.383. The number of carbonyl (C=O) groups excluding carboxylic acids is 1. The second kappa shape index (κ2) is 5.07. The van der Waals surface area contributed by atoms with Crippen LogP contribution in [0.4, 0.5) is 0 Å². The Kier molecular flexibility index (Phi) is 4.03. The number of hydrogen-bond donors (Lipinski definition) is 1. The van der Waals surface area contributed by atoms with Gasteiger partial charge >= 0.3 is 5.97 Å². The number of nitrogens with zero attached hydrogens (tertiary/aromatic N) is 1. The molecule has 0 aliphatic rings. The average Bonchev–Trinajstić information content (AvgIpc) is 2.52. The summed E-state index contributed by atoms with van der Waals surface area (Å²) in [7, 11) is 0. The van der Waals surface area contributed by atoms with Gasteiger partial charge in [0.2, 0.25) is 0 Å². The number of esters is 1. The highest BCUT2D eigenvalue weighted by Gasteiger charge is 2.15. The molecule has 0 bridgehead atoms. The van der Waals surface area contributed by atoms with Crippen molar-refractivity contribution < 1.29 is 14.6 Å².